The molecule has 1 heterocycles. The molecular formula is C20H17N. The Kier molecular flexibility index (Phi) is 2.61. The van der Waals surface area contributed by atoms with Crippen LogP contribution >= 0.6 is 0 Å². The SMILES string of the molecule is Cc1ccc2c3ccc(-c4ccccc4)cc3n(C)c2c1. The van der Waals surface area contributed by atoms with E-state index in [0.29, 0.717) is 0 Å². The molecule has 0 aliphatic rings. The lowest BCUT2D eigenvalue weighted by molar-refractivity contribution is 1.01. The van der Waals surface area contributed by atoms with Gasteiger partial charge in [0.05, 0.1) is 0 Å². The molecule has 0 saturated heterocycles. The summed E-state index contributed by atoms with van der Waals surface area (Å²) < 4.78 is 2.30. The molecule has 102 valence electrons. The molecule has 0 aliphatic carbocycles. The zero-order valence-electron chi connectivity index (χ0n) is 12.3. The van der Waals surface area contributed by atoms with Crippen molar-refractivity contribution in [2.24, 2.45) is 7.05 Å². The Morgan fingerprint density at radius 2 is 1.33 bits per heavy atom. The van der Waals surface area contributed by atoms with Gasteiger partial charge < -0.3 is 4.57 Å². The summed E-state index contributed by atoms with van der Waals surface area (Å²) in [6.07, 6.45) is 0. The quantitative estimate of drug-likeness (QED) is 0.442. The molecule has 1 heteroatoms. The third-order valence-electron chi connectivity index (χ3n) is 4.27. The summed E-state index contributed by atoms with van der Waals surface area (Å²) in [4.78, 5) is 0. The first-order chi connectivity index (χ1) is 10.2. The van der Waals surface area contributed by atoms with Gasteiger partial charge in [0, 0.05) is 28.9 Å². The number of benzene rings is 3. The second-order valence-electron chi connectivity index (χ2n) is 5.68. The fraction of sp³-hybridized carbons (Fsp3) is 0.100. The van der Waals surface area contributed by atoms with Crippen LogP contribution in [0.3, 0.4) is 0 Å². The standard InChI is InChI=1S/C20H17N/c1-14-8-10-17-18-11-9-16(15-6-4-3-5-7-15)13-20(18)21(2)19(17)12-14/h3-13H,1-2H3. The zero-order valence-corrected chi connectivity index (χ0v) is 12.3. The number of rotatable bonds is 1. The fourth-order valence-electron chi connectivity index (χ4n) is 3.12. The Hall–Kier alpha value is -2.54. The molecule has 0 radical (unpaired) electrons. The first kappa shape index (κ1) is 12.2. The van der Waals surface area contributed by atoms with Crippen LogP contribution in [0.1, 0.15) is 5.56 Å². The number of aromatic nitrogens is 1. The van der Waals surface area contributed by atoms with Crippen molar-refractivity contribution in [2.45, 2.75) is 6.92 Å². The Bertz CT molecular complexity index is 946. The lowest BCUT2D eigenvalue weighted by Gasteiger charge is -2.03. The summed E-state index contributed by atoms with van der Waals surface area (Å²) >= 11 is 0. The average molecular weight is 271 g/mol. The van der Waals surface area contributed by atoms with Crippen LogP contribution in [0.5, 0.6) is 0 Å². The van der Waals surface area contributed by atoms with Crippen LogP contribution in [0.4, 0.5) is 0 Å². The van der Waals surface area contributed by atoms with E-state index in [1.54, 1.807) is 0 Å². The molecule has 0 unspecified atom stereocenters. The molecule has 0 spiro atoms. The van der Waals surface area contributed by atoms with Crippen molar-refractivity contribution < 1.29 is 0 Å². The van der Waals surface area contributed by atoms with E-state index >= 15 is 0 Å². The van der Waals surface area contributed by atoms with E-state index in [1.165, 1.54) is 38.5 Å². The largest absolute Gasteiger partial charge is 0.344 e. The number of nitrogens with zero attached hydrogens (tertiary/aromatic N) is 1. The van der Waals surface area contributed by atoms with Crippen molar-refractivity contribution in [3.63, 3.8) is 0 Å². The Balaban J connectivity index is 2.04. The topological polar surface area (TPSA) is 4.93 Å². The van der Waals surface area contributed by atoms with Crippen LogP contribution in [-0.4, -0.2) is 4.57 Å². The summed E-state index contributed by atoms with van der Waals surface area (Å²) in [7, 11) is 2.15. The van der Waals surface area contributed by atoms with Crippen molar-refractivity contribution in [1.82, 2.24) is 4.57 Å². The minimum atomic E-state index is 1.26. The molecule has 0 atom stereocenters. The minimum Gasteiger partial charge on any atom is -0.344 e. The lowest BCUT2D eigenvalue weighted by Crippen LogP contribution is -1.87. The van der Waals surface area contributed by atoms with Gasteiger partial charge in [0.25, 0.3) is 0 Å². The molecule has 3 aromatic carbocycles. The molecule has 0 bridgehead atoms. The number of hydrogen-bond acceptors (Lipinski definition) is 0. The molecule has 4 aromatic rings. The predicted octanol–water partition coefficient (Wildman–Crippen LogP) is 5.31. The van der Waals surface area contributed by atoms with Gasteiger partial charge in [0.2, 0.25) is 0 Å². The van der Waals surface area contributed by atoms with Gasteiger partial charge in [-0.1, -0.05) is 54.6 Å². The highest BCUT2D eigenvalue weighted by Gasteiger charge is 2.09. The highest BCUT2D eigenvalue weighted by Crippen LogP contribution is 2.32. The summed E-state index contributed by atoms with van der Waals surface area (Å²) in [5.74, 6) is 0. The van der Waals surface area contributed by atoms with Crippen molar-refractivity contribution in [2.75, 3.05) is 0 Å². The third-order valence-corrected chi connectivity index (χ3v) is 4.27. The smallest absolute Gasteiger partial charge is 0.0494 e. The van der Waals surface area contributed by atoms with E-state index in [0.717, 1.165) is 0 Å². The van der Waals surface area contributed by atoms with E-state index in [2.05, 4.69) is 85.3 Å². The van der Waals surface area contributed by atoms with E-state index in [1.807, 2.05) is 0 Å². The summed E-state index contributed by atoms with van der Waals surface area (Å²) in [6, 6.07) is 24.0. The van der Waals surface area contributed by atoms with Crippen LogP contribution in [-0.2, 0) is 7.05 Å². The highest BCUT2D eigenvalue weighted by molar-refractivity contribution is 6.09. The molecule has 1 nitrogen and oxygen atoms in total. The Morgan fingerprint density at radius 3 is 2.10 bits per heavy atom. The molecule has 21 heavy (non-hydrogen) atoms. The van der Waals surface area contributed by atoms with Crippen molar-refractivity contribution in [3.05, 3.63) is 72.3 Å². The van der Waals surface area contributed by atoms with Gasteiger partial charge in [0.15, 0.2) is 0 Å². The van der Waals surface area contributed by atoms with E-state index in [9.17, 15) is 0 Å². The summed E-state index contributed by atoms with van der Waals surface area (Å²) in [6.45, 7) is 2.15. The van der Waals surface area contributed by atoms with Gasteiger partial charge in [0.1, 0.15) is 0 Å². The van der Waals surface area contributed by atoms with Crippen LogP contribution in [0, 0.1) is 6.92 Å². The molecule has 0 saturated carbocycles. The predicted molar refractivity (Wildman–Crippen MR) is 90.6 cm³/mol. The maximum atomic E-state index is 2.30. The van der Waals surface area contributed by atoms with Crippen LogP contribution in [0.25, 0.3) is 32.9 Å². The second kappa shape index (κ2) is 4.49. The Morgan fingerprint density at radius 1 is 0.667 bits per heavy atom. The Labute approximate surface area is 124 Å². The van der Waals surface area contributed by atoms with Crippen LogP contribution in [0.2, 0.25) is 0 Å². The normalized spacial score (nSPS) is 11.3. The van der Waals surface area contributed by atoms with E-state index < -0.39 is 0 Å². The van der Waals surface area contributed by atoms with E-state index in [4.69, 9.17) is 0 Å². The van der Waals surface area contributed by atoms with Gasteiger partial charge in [-0.3, -0.25) is 0 Å². The molecule has 0 fully saturated rings. The molecule has 4 rings (SSSR count). The first-order valence-electron chi connectivity index (χ1n) is 7.28. The van der Waals surface area contributed by atoms with E-state index in [-0.39, 0.29) is 0 Å². The molecule has 0 amide bonds. The van der Waals surface area contributed by atoms with Crippen LogP contribution in [0.15, 0.2) is 66.7 Å². The molecular weight excluding hydrogens is 254 g/mol. The summed E-state index contributed by atoms with van der Waals surface area (Å²) in [5.41, 5.74) is 6.43. The summed E-state index contributed by atoms with van der Waals surface area (Å²) in [5, 5.41) is 2.66. The number of aryl methyl sites for hydroxylation is 2. The van der Waals surface area contributed by atoms with Gasteiger partial charge in [-0.25, -0.2) is 0 Å². The van der Waals surface area contributed by atoms with Crippen molar-refractivity contribution in [3.8, 4) is 11.1 Å². The highest BCUT2D eigenvalue weighted by atomic mass is 14.9. The molecule has 0 N–H and O–H groups in total. The molecule has 1 aromatic heterocycles. The zero-order chi connectivity index (χ0) is 14.4. The van der Waals surface area contributed by atoms with Crippen molar-refractivity contribution in [1.29, 1.82) is 0 Å². The van der Waals surface area contributed by atoms with Gasteiger partial charge in [-0.2, -0.15) is 0 Å². The number of hydrogen-bond donors (Lipinski definition) is 0. The maximum Gasteiger partial charge on any atom is 0.0494 e. The monoisotopic (exact) mass is 271 g/mol. The minimum absolute atomic E-state index is 1.26. The first-order valence-corrected chi connectivity index (χ1v) is 7.28. The average Bonchev–Trinajstić information content (AvgIpc) is 2.80. The van der Waals surface area contributed by atoms with Gasteiger partial charge >= 0.3 is 0 Å². The van der Waals surface area contributed by atoms with Gasteiger partial charge in [-0.15, -0.1) is 0 Å². The molecule has 0 aliphatic heterocycles. The fourth-order valence-corrected chi connectivity index (χ4v) is 3.12. The van der Waals surface area contributed by atoms with Crippen molar-refractivity contribution >= 4 is 21.8 Å². The maximum absolute atomic E-state index is 2.30. The van der Waals surface area contributed by atoms with Gasteiger partial charge in [-0.05, 0) is 35.7 Å². The second-order valence-corrected chi connectivity index (χ2v) is 5.68. The van der Waals surface area contributed by atoms with Crippen LogP contribution < -0.4 is 0 Å². The lowest BCUT2D eigenvalue weighted by atomic mass is 10.0. The third kappa shape index (κ3) is 1.85. The number of fused-ring (bicyclic) bond motifs is 3.